The summed E-state index contributed by atoms with van der Waals surface area (Å²) in [6, 6.07) is 7.83. The number of aliphatic hydroxyl groups excluding tert-OH is 1. The average molecular weight is 149 g/mol. The molecule has 2 heteroatoms. The third kappa shape index (κ3) is 0.951. The lowest BCUT2D eigenvalue weighted by Gasteiger charge is -2.01. The molecule has 0 radical (unpaired) electrons. The van der Waals surface area contributed by atoms with Crippen LogP contribution in [0.5, 0.6) is 0 Å². The summed E-state index contributed by atoms with van der Waals surface area (Å²) in [4.78, 5) is 0. The highest BCUT2D eigenvalue weighted by Crippen LogP contribution is 2.36. The smallest absolute Gasteiger partial charge is 0.0811 e. The highest BCUT2D eigenvalue weighted by Gasteiger charge is 2.25. The molecule has 0 amide bonds. The van der Waals surface area contributed by atoms with Gasteiger partial charge in [-0.25, -0.2) is 0 Å². The third-order valence-electron chi connectivity index (χ3n) is 2.23. The van der Waals surface area contributed by atoms with Gasteiger partial charge in [0.2, 0.25) is 0 Å². The molecule has 0 saturated carbocycles. The molecule has 0 bridgehead atoms. The van der Waals surface area contributed by atoms with Crippen molar-refractivity contribution in [2.45, 2.75) is 18.6 Å². The van der Waals surface area contributed by atoms with Gasteiger partial charge in [-0.3, -0.25) is 0 Å². The van der Waals surface area contributed by atoms with Crippen LogP contribution in [0.2, 0.25) is 0 Å². The molecular weight excluding hydrogens is 138 g/mol. The SMILES string of the molecule is NC1C[C@H](O)c2ccccc21. The second-order valence-corrected chi connectivity index (χ2v) is 2.99. The lowest BCUT2D eigenvalue weighted by molar-refractivity contribution is 0.173. The van der Waals surface area contributed by atoms with Crippen LogP contribution in [0.4, 0.5) is 0 Å². The van der Waals surface area contributed by atoms with Crippen LogP contribution < -0.4 is 5.73 Å². The molecule has 1 unspecified atom stereocenters. The first-order chi connectivity index (χ1) is 5.29. The lowest BCUT2D eigenvalue weighted by Crippen LogP contribution is -2.05. The van der Waals surface area contributed by atoms with E-state index in [1.54, 1.807) is 0 Å². The minimum absolute atomic E-state index is 0.0289. The van der Waals surface area contributed by atoms with E-state index in [0.717, 1.165) is 11.1 Å². The van der Waals surface area contributed by atoms with E-state index >= 15 is 0 Å². The highest BCUT2D eigenvalue weighted by molar-refractivity contribution is 5.35. The Labute approximate surface area is 65.7 Å². The third-order valence-corrected chi connectivity index (χ3v) is 2.23. The maximum absolute atomic E-state index is 9.47. The predicted octanol–water partition coefficient (Wildman–Crippen LogP) is 1.12. The molecule has 2 rings (SSSR count). The van der Waals surface area contributed by atoms with Crippen molar-refractivity contribution in [2.75, 3.05) is 0 Å². The molecular formula is C9H11NO. The number of benzene rings is 1. The Morgan fingerprint density at radius 3 is 2.55 bits per heavy atom. The summed E-state index contributed by atoms with van der Waals surface area (Å²) >= 11 is 0. The molecule has 1 aliphatic carbocycles. The molecule has 11 heavy (non-hydrogen) atoms. The van der Waals surface area contributed by atoms with E-state index in [1.165, 1.54) is 0 Å². The van der Waals surface area contributed by atoms with Crippen LogP contribution in [0.15, 0.2) is 24.3 Å². The zero-order valence-electron chi connectivity index (χ0n) is 6.20. The Morgan fingerprint density at radius 1 is 1.27 bits per heavy atom. The van der Waals surface area contributed by atoms with Crippen LogP contribution in [0, 0.1) is 0 Å². The molecule has 2 nitrogen and oxygen atoms in total. The maximum atomic E-state index is 9.47. The number of nitrogens with two attached hydrogens (primary N) is 1. The van der Waals surface area contributed by atoms with Crippen molar-refractivity contribution in [1.29, 1.82) is 0 Å². The summed E-state index contributed by atoms with van der Waals surface area (Å²) in [5.74, 6) is 0. The van der Waals surface area contributed by atoms with Crippen molar-refractivity contribution in [3.05, 3.63) is 35.4 Å². The lowest BCUT2D eigenvalue weighted by atomic mass is 10.1. The van der Waals surface area contributed by atoms with Gasteiger partial charge >= 0.3 is 0 Å². The van der Waals surface area contributed by atoms with E-state index in [4.69, 9.17) is 5.73 Å². The maximum Gasteiger partial charge on any atom is 0.0811 e. The molecule has 0 heterocycles. The van der Waals surface area contributed by atoms with Crippen molar-refractivity contribution < 1.29 is 5.11 Å². The molecule has 2 atom stereocenters. The van der Waals surface area contributed by atoms with E-state index in [1.807, 2.05) is 24.3 Å². The van der Waals surface area contributed by atoms with Gasteiger partial charge in [0.05, 0.1) is 6.10 Å². The minimum Gasteiger partial charge on any atom is -0.388 e. The van der Waals surface area contributed by atoms with Crippen LogP contribution in [0.25, 0.3) is 0 Å². The fraction of sp³-hybridized carbons (Fsp3) is 0.333. The number of hydrogen-bond acceptors (Lipinski definition) is 2. The van der Waals surface area contributed by atoms with Crippen molar-refractivity contribution in [3.8, 4) is 0 Å². The van der Waals surface area contributed by atoms with Crippen LogP contribution in [0.3, 0.4) is 0 Å². The van der Waals surface area contributed by atoms with Crippen molar-refractivity contribution in [2.24, 2.45) is 5.73 Å². The van der Waals surface area contributed by atoms with Gasteiger partial charge in [0.15, 0.2) is 0 Å². The fourth-order valence-electron chi connectivity index (χ4n) is 1.65. The first-order valence-electron chi connectivity index (χ1n) is 3.81. The Kier molecular flexibility index (Phi) is 1.44. The summed E-state index contributed by atoms with van der Waals surface area (Å²) < 4.78 is 0. The van der Waals surface area contributed by atoms with Gasteiger partial charge < -0.3 is 10.8 Å². The molecule has 1 aliphatic rings. The first-order valence-corrected chi connectivity index (χ1v) is 3.81. The highest BCUT2D eigenvalue weighted by atomic mass is 16.3. The van der Waals surface area contributed by atoms with Gasteiger partial charge in [0.1, 0.15) is 0 Å². The number of rotatable bonds is 0. The molecule has 58 valence electrons. The molecule has 0 saturated heterocycles. The zero-order chi connectivity index (χ0) is 7.84. The van der Waals surface area contributed by atoms with Crippen molar-refractivity contribution in [3.63, 3.8) is 0 Å². The number of fused-ring (bicyclic) bond motifs is 1. The molecule has 0 aliphatic heterocycles. The normalized spacial score (nSPS) is 28.5. The summed E-state index contributed by atoms with van der Waals surface area (Å²) in [7, 11) is 0. The van der Waals surface area contributed by atoms with Crippen LogP contribution in [0.1, 0.15) is 29.7 Å². The van der Waals surface area contributed by atoms with Crippen LogP contribution in [-0.4, -0.2) is 5.11 Å². The van der Waals surface area contributed by atoms with Crippen molar-refractivity contribution >= 4 is 0 Å². The van der Waals surface area contributed by atoms with Gasteiger partial charge in [0, 0.05) is 6.04 Å². The summed E-state index contributed by atoms with van der Waals surface area (Å²) in [5, 5.41) is 9.47. The Balaban J connectivity index is 2.52. The summed E-state index contributed by atoms with van der Waals surface area (Å²) in [6.45, 7) is 0. The minimum atomic E-state index is -0.346. The monoisotopic (exact) mass is 149 g/mol. The molecule has 1 aromatic carbocycles. The van der Waals surface area contributed by atoms with Gasteiger partial charge in [-0.1, -0.05) is 24.3 Å². The van der Waals surface area contributed by atoms with Gasteiger partial charge in [-0.2, -0.15) is 0 Å². The second kappa shape index (κ2) is 2.32. The predicted molar refractivity (Wildman–Crippen MR) is 42.9 cm³/mol. The van der Waals surface area contributed by atoms with Gasteiger partial charge in [0.25, 0.3) is 0 Å². The fourth-order valence-corrected chi connectivity index (χ4v) is 1.65. The van der Waals surface area contributed by atoms with Gasteiger partial charge in [-0.15, -0.1) is 0 Å². The van der Waals surface area contributed by atoms with E-state index in [-0.39, 0.29) is 12.1 Å². The van der Waals surface area contributed by atoms with E-state index in [2.05, 4.69) is 0 Å². The van der Waals surface area contributed by atoms with E-state index < -0.39 is 0 Å². The number of aliphatic hydroxyl groups is 1. The quantitative estimate of drug-likeness (QED) is 0.580. The van der Waals surface area contributed by atoms with Crippen molar-refractivity contribution in [1.82, 2.24) is 0 Å². The summed E-state index contributed by atoms with van der Waals surface area (Å²) in [5.41, 5.74) is 7.87. The standard InChI is InChI=1S/C9H11NO/c10-8-5-9(11)7-4-2-1-3-6(7)8/h1-4,8-9,11H,5,10H2/t8?,9-/m0/s1. The summed E-state index contributed by atoms with van der Waals surface area (Å²) in [6.07, 6.45) is 0.320. The topological polar surface area (TPSA) is 46.2 Å². The Hall–Kier alpha value is -0.860. The first kappa shape index (κ1) is 6.83. The number of hydrogen-bond donors (Lipinski definition) is 2. The van der Waals surface area contributed by atoms with Gasteiger partial charge in [-0.05, 0) is 17.5 Å². The zero-order valence-corrected chi connectivity index (χ0v) is 6.20. The Morgan fingerprint density at radius 2 is 1.91 bits per heavy atom. The molecule has 0 fully saturated rings. The average Bonchev–Trinajstić information content (AvgIpc) is 2.30. The molecule has 0 aromatic heterocycles. The second-order valence-electron chi connectivity index (χ2n) is 2.99. The van der Waals surface area contributed by atoms with Crippen LogP contribution in [-0.2, 0) is 0 Å². The molecule has 3 N–H and O–H groups in total. The van der Waals surface area contributed by atoms with E-state index in [0.29, 0.717) is 6.42 Å². The largest absolute Gasteiger partial charge is 0.388 e. The van der Waals surface area contributed by atoms with E-state index in [9.17, 15) is 5.11 Å². The van der Waals surface area contributed by atoms with Crippen LogP contribution >= 0.6 is 0 Å². The molecule has 1 aromatic rings. The molecule has 0 spiro atoms. The Bertz CT molecular complexity index is 245.